The molecule has 2 aliphatic carbocycles. The van der Waals surface area contributed by atoms with E-state index in [0.29, 0.717) is 12.1 Å². The lowest BCUT2D eigenvalue weighted by Crippen LogP contribution is -2.47. The van der Waals surface area contributed by atoms with E-state index in [-0.39, 0.29) is 12.1 Å². The number of rotatable bonds is 2. The molecular formula is C11H22N2O. The van der Waals surface area contributed by atoms with Gasteiger partial charge in [0.2, 0.25) is 0 Å². The Bertz CT molecular complexity index is 180. The van der Waals surface area contributed by atoms with Crippen molar-refractivity contribution in [2.45, 2.75) is 69.2 Å². The van der Waals surface area contributed by atoms with Crippen LogP contribution in [0.15, 0.2) is 0 Å². The predicted molar refractivity (Wildman–Crippen MR) is 56.9 cm³/mol. The number of nitrogens with two attached hydrogens (primary N) is 2. The Morgan fingerprint density at radius 2 is 1.64 bits per heavy atom. The van der Waals surface area contributed by atoms with Crippen LogP contribution in [0.25, 0.3) is 0 Å². The molecule has 0 aromatic carbocycles. The van der Waals surface area contributed by atoms with Crippen LogP contribution in [0.3, 0.4) is 0 Å². The van der Waals surface area contributed by atoms with Crippen LogP contribution in [0.1, 0.15) is 44.9 Å². The van der Waals surface area contributed by atoms with E-state index in [1.807, 2.05) is 0 Å². The van der Waals surface area contributed by atoms with Crippen LogP contribution >= 0.6 is 0 Å². The summed E-state index contributed by atoms with van der Waals surface area (Å²) in [5.41, 5.74) is 11.9. The second-order valence-corrected chi connectivity index (χ2v) is 4.82. The van der Waals surface area contributed by atoms with Gasteiger partial charge in [-0.1, -0.05) is 12.8 Å². The zero-order valence-electron chi connectivity index (χ0n) is 8.82. The third kappa shape index (κ3) is 2.47. The van der Waals surface area contributed by atoms with E-state index in [4.69, 9.17) is 16.2 Å². The number of ether oxygens (including phenoxy) is 1. The Balaban J connectivity index is 1.79. The van der Waals surface area contributed by atoms with Crippen molar-refractivity contribution in [3.05, 3.63) is 0 Å². The largest absolute Gasteiger partial charge is 0.373 e. The second kappa shape index (κ2) is 4.60. The second-order valence-electron chi connectivity index (χ2n) is 4.82. The lowest BCUT2D eigenvalue weighted by molar-refractivity contribution is -0.0383. The smallest absolute Gasteiger partial charge is 0.0730 e. The summed E-state index contributed by atoms with van der Waals surface area (Å²) in [6.07, 6.45) is 8.93. The van der Waals surface area contributed by atoms with Gasteiger partial charge in [-0.05, 0) is 32.1 Å². The van der Waals surface area contributed by atoms with Gasteiger partial charge in [-0.3, -0.25) is 0 Å². The fraction of sp³-hybridized carbons (Fsp3) is 1.00. The summed E-state index contributed by atoms with van der Waals surface area (Å²) < 4.78 is 6.03. The van der Waals surface area contributed by atoms with Crippen molar-refractivity contribution in [3.63, 3.8) is 0 Å². The summed E-state index contributed by atoms with van der Waals surface area (Å²) in [6, 6.07) is 0.466. The quantitative estimate of drug-likeness (QED) is 0.699. The molecule has 0 heterocycles. The molecule has 0 aliphatic heterocycles. The molecule has 4 N–H and O–H groups in total. The zero-order valence-corrected chi connectivity index (χ0v) is 8.82. The summed E-state index contributed by atoms with van der Waals surface area (Å²) in [7, 11) is 0. The summed E-state index contributed by atoms with van der Waals surface area (Å²) in [6.45, 7) is 0. The van der Waals surface area contributed by atoms with Crippen molar-refractivity contribution >= 4 is 0 Å². The van der Waals surface area contributed by atoms with Crippen molar-refractivity contribution in [1.29, 1.82) is 0 Å². The highest BCUT2D eigenvalue weighted by Crippen LogP contribution is 2.27. The molecule has 3 atom stereocenters. The van der Waals surface area contributed by atoms with Crippen molar-refractivity contribution in [2.75, 3.05) is 0 Å². The normalized spacial score (nSPS) is 40.3. The van der Waals surface area contributed by atoms with Gasteiger partial charge in [-0.2, -0.15) is 0 Å². The van der Waals surface area contributed by atoms with Gasteiger partial charge in [0.05, 0.1) is 12.2 Å². The van der Waals surface area contributed by atoms with E-state index in [9.17, 15) is 0 Å². The summed E-state index contributed by atoms with van der Waals surface area (Å²) in [4.78, 5) is 0. The Morgan fingerprint density at radius 3 is 2.29 bits per heavy atom. The summed E-state index contributed by atoms with van der Waals surface area (Å²) in [5, 5.41) is 0. The minimum atomic E-state index is 0.166. The minimum Gasteiger partial charge on any atom is -0.373 e. The Hall–Kier alpha value is -0.120. The highest BCUT2D eigenvalue weighted by molar-refractivity contribution is 4.86. The van der Waals surface area contributed by atoms with Crippen LogP contribution in [0.2, 0.25) is 0 Å². The average Bonchev–Trinajstić information content (AvgIpc) is 2.62. The van der Waals surface area contributed by atoms with E-state index in [1.165, 1.54) is 25.7 Å². The topological polar surface area (TPSA) is 61.3 Å². The fourth-order valence-electron chi connectivity index (χ4n) is 2.65. The van der Waals surface area contributed by atoms with E-state index >= 15 is 0 Å². The lowest BCUT2D eigenvalue weighted by Gasteiger charge is -2.33. The molecule has 2 aliphatic rings. The van der Waals surface area contributed by atoms with E-state index in [0.717, 1.165) is 19.3 Å². The molecule has 2 saturated carbocycles. The first-order valence-corrected chi connectivity index (χ1v) is 5.92. The number of hydrogen-bond donors (Lipinski definition) is 2. The van der Waals surface area contributed by atoms with Crippen LogP contribution in [-0.2, 0) is 4.74 Å². The third-order valence-electron chi connectivity index (χ3n) is 3.54. The van der Waals surface area contributed by atoms with Crippen molar-refractivity contribution in [2.24, 2.45) is 11.5 Å². The van der Waals surface area contributed by atoms with Crippen molar-refractivity contribution in [1.82, 2.24) is 0 Å². The van der Waals surface area contributed by atoms with Crippen LogP contribution < -0.4 is 11.5 Å². The molecule has 82 valence electrons. The monoisotopic (exact) mass is 198 g/mol. The molecule has 0 radical (unpaired) electrons. The Morgan fingerprint density at radius 1 is 0.929 bits per heavy atom. The molecule has 14 heavy (non-hydrogen) atoms. The highest BCUT2D eigenvalue weighted by Gasteiger charge is 2.29. The lowest BCUT2D eigenvalue weighted by atomic mass is 9.89. The molecule has 0 spiro atoms. The maximum absolute atomic E-state index is 6.04. The van der Waals surface area contributed by atoms with Gasteiger partial charge in [0.15, 0.2) is 0 Å². The van der Waals surface area contributed by atoms with Crippen molar-refractivity contribution < 1.29 is 4.74 Å². The molecule has 3 unspecified atom stereocenters. The SMILES string of the molecule is NC1CCC(OC2CCCC2)C(N)C1. The van der Waals surface area contributed by atoms with Gasteiger partial charge in [0.25, 0.3) is 0 Å². The first kappa shape index (κ1) is 10.4. The molecule has 0 amide bonds. The van der Waals surface area contributed by atoms with Crippen LogP contribution in [0, 0.1) is 0 Å². The van der Waals surface area contributed by atoms with Gasteiger partial charge in [0.1, 0.15) is 0 Å². The predicted octanol–water partition coefficient (Wildman–Crippen LogP) is 1.15. The van der Waals surface area contributed by atoms with Crippen LogP contribution in [0.4, 0.5) is 0 Å². The van der Waals surface area contributed by atoms with Crippen molar-refractivity contribution in [3.8, 4) is 0 Å². The van der Waals surface area contributed by atoms with Crippen LogP contribution in [0.5, 0.6) is 0 Å². The molecule has 0 aromatic rings. The molecule has 0 aromatic heterocycles. The van der Waals surface area contributed by atoms with Gasteiger partial charge >= 0.3 is 0 Å². The molecule has 2 rings (SSSR count). The van der Waals surface area contributed by atoms with Gasteiger partial charge in [-0.15, -0.1) is 0 Å². The maximum atomic E-state index is 6.04. The third-order valence-corrected chi connectivity index (χ3v) is 3.54. The maximum Gasteiger partial charge on any atom is 0.0730 e. The standard InChI is InChI=1S/C11H22N2O/c12-8-5-6-11(10(13)7-8)14-9-3-1-2-4-9/h8-11H,1-7,12-13H2. The summed E-state index contributed by atoms with van der Waals surface area (Å²) in [5.74, 6) is 0. The first-order valence-electron chi connectivity index (χ1n) is 5.92. The van der Waals surface area contributed by atoms with Crippen LogP contribution in [-0.4, -0.2) is 24.3 Å². The Kier molecular flexibility index (Phi) is 3.42. The van der Waals surface area contributed by atoms with E-state index in [1.54, 1.807) is 0 Å². The number of hydrogen-bond acceptors (Lipinski definition) is 3. The fourth-order valence-corrected chi connectivity index (χ4v) is 2.65. The van der Waals surface area contributed by atoms with Gasteiger partial charge in [0, 0.05) is 12.1 Å². The first-order chi connectivity index (χ1) is 6.75. The van der Waals surface area contributed by atoms with Gasteiger partial charge < -0.3 is 16.2 Å². The zero-order chi connectivity index (χ0) is 9.97. The minimum absolute atomic E-state index is 0.166. The molecule has 3 nitrogen and oxygen atoms in total. The highest BCUT2D eigenvalue weighted by atomic mass is 16.5. The summed E-state index contributed by atoms with van der Waals surface area (Å²) >= 11 is 0. The molecule has 2 fully saturated rings. The molecule has 0 saturated heterocycles. The van der Waals surface area contributed by atoms with E-state index < -0.39 is 0 Å². The molecule has 0 bridgehead atoms. The molecular weight excluding hydrogens is 176 g/mol. The Labute approximate surface area is 86.2 Å². The van der Waals surface area contributed by atoms with Gasteiger partial charge in [-0.25, -0.2) is 0 Å². The average molecular weight is 198 g/mol. The molecule has 3 heteroatoms. The van der Waals surface area contributed by atoms with E-state index in [2.05, 4.69) is 0 Å².